The number of halogens is 3. The third-order valence-electron chi connectivity index (χ3n) is 1.55. The number of carbonyl (C=O) groups excluding carboxylic acids is 1. The number of hydrogen-bond acceptors (Lipinski definition) is 5. The van der Waals surface area contributed by atoms with E-state index < -0.39 is 29.5 Å². The van der Waals surface area contributed by atoms with Crippen LogP contribution in [0.4, 0.5) is 18.9 Å². The van der Waals surface area contributed by atoms with Crippen LogP contribution in [0.15, 0.2) is 12.3 Å². The number of carbonyl (C=O) groups is 1. The van der Waals surface area contributed by atoms with Gasteiger partial charge in [0.15, 0.2) is 11.4 Å². The van der Waals surface area contributed by atoms with E-state index in [9.17, 15) is 18.0 Å². The maximum Gasteiger partial charge on any atom is 0.573 e. The second kappa shape index (κ2) is 4.25. The number of methoxy groups -OCH3 is 1. The summed E-state index contributed by atoms with van der Waals surface area (Å²) in [5.41, 5.74) is 4.33. The van der Waals surface area contributed by atoms with E-state index in [1.165, 1.54) is 0 Å². The van der Waals surface area contributed by atoms with Crippen molar-refractivity contribution in [1.82, 2.24) is 4.98 Å². The van der Waals surface area contributed by atoms with Crippen molar-refractivity contribution in [2.24, 2.45) is 0 Å². The molecule has 0 saturated heterocycles. The van der Waals surface area contributed by atoms with Crippen LogP contribution in [0.3, 0.4) is 0 Å². The lowest BCUT2D eigenvalue weighted by molar-refractivity contribution is -0.274. The second-order valence-electron chi connectivity index (χ2n) is 2.61. The van der Waals surface area contributed by atoms with Gasteiger partial charge in [-0.3, -0.25) is 0 Å². The number of rotatable bonds is 2. The monoisotopic (exact) mass is 236 g/mol. The van der Waals surface area contributed by atoms with Gasteiger partial charge in [-0.15, -0.1) is 13.2 Å². The molecule has 1 heterocycles. The number of nitrogens with zero attached hydrogens (tertiary/aromatic N) is 1. The second-order valence-corrected chi connectivity index (χ2v) is 2.61. The maximum atomic E-state index is 11.9. The molecular weight excluding hydrogens is 229 g/mol. The number of hydrogen-bond donors (Lipinski definition) is 1. The molecular formula is C8H7F3N2O3. The van der Waals surface area contributed by atoms with Gasteiger partial charge in [-0.2, -0.15) is 0 Å². The highest BCUT2D eigenvalue weighted by atomic mass is 19.4. The highest BCUT2D eigenvalue weighted by Crippen LogP contribution is 2.29. The van der Waals surface area contributed by atoms with Crippen LogP contribution in [0.25, 0.3) is 0 Å². The summed E-state index contributed by atoms with van der Waals surface area (Å²) in [6, 6.07) is 0.898. The number of aromatic nitrogens is 1. The minimum Gasteiger partial charge on any atom is -0.464 e. The number of ether oxygens (including phenoxy) is 2. The molecule has 0 spiro atoms. The summed E-state index contributed by atoms with van der Waals surface area (Å²) in [6.45, 7) is 0. The first-order chi connectivity index (χ1) is 7.35. The van der Waals surface area contributed by atoms with E-state index in [1.807, 2.05) is 0 Å². The van der Waals surface area contributed by atoms with Crippen LogP contribution < -0.4 is 10.5 Å². The highest BCUT2D eigenvalue weighted by Gasteiger charge is 2.32. The van der Waals surface area contributed by atoms with Crippen molar-refractivity contribution in [2.75, 3.05) is 12.8 Å². The Hall–Kier alpha value is -1.99. The lowest BCUT2D eigenvalue weighted by Crippen LogP contribution is -2.19. The van der Waals surface area contributed by atoms with E-state index in [-0.39, 0.29) is 0 Å². The molecule has 0 radical (unpaired) electrons. The molecule has 0 aliphatic rings. The van der Waals surface area contributed by atoms with Crippen molar-refractivity contribution >= 4 is 11.7 Å². The Morgan fingerprint density at radius 3 is 2.62 bits per heavy atom. The number of anilines is 1. The molecule has 0 saturated carbocycles. The zero-order valence-corrected chi connectivity index (χ0v) is 8.04. The molecule has 0 aliphatic carbocycles. The molecule has 0 bridgehead atoms. The van der Waals surface area contributed by atoms with Gasteiger partial charge >= 0.3 is 12.3 Å². The minimum absolute atomic E-state index is 0.427. The van der Waals surface area contributed by atoms with Crippen LogP contribution in [-0.4, -0.2) is 24.4 Å². The van der Waals surface area contributed by atoms with E-state index in [4.69, 9.17) is 5.73 Å². The third kappa shape index (κ3) is 2.75. The summed E-state index contributed by atoms with van der Waals surface area (Å²) < 4.78 is 43.6. The fourth-order valence-corrected chi connectivity index (χ4v) is 0.929. The molecule has 88 valence electrons. The number of alkyl halides is 3. The highest BCUT2D eigenvalue weighted by molar-refractivity contribution is 5.94. The van der Waals surface area contributed by atoms with Crippen molar-refractivity contribution in [3.8, 4) is 5.75 Å². The number of nitrogen functional groups attached to an aromatic ring is 1. The summed E-state index contributed by atoms with van der Waals surface area (Å²) in [5, 5.41) is 0. The SMILES string of the molecule is COC(=O)c1nccc(OC(F)(F)F)c1N. The largest absolute Gasteiger partial charge is 0.573 e. The quantitative estimate of drug-likeness (QED) is 0.784. The molecule has 0 unspecified atom stereocenters. The lowest BCUT2D eigenvalue weighted by Gasteiger charge is -2.11. The summed E-state index contributed by atoms with van der Waals surface area (Å²) in [7, 11) is 1.06. The first-order valence-electron chi connectivity index (χ1n) is 3.93. The van der Waals surface area contributed by atoms with Gasteiger partial charge in [0.2, 0.25) is 0 Å². The minimum atomic E-state index is -4.89. The summed E-state index contributed by atoms with van der Waals surface area (Å²) >= 11 is 0. The molecule has 0 fully saturated rings. The molecule has 5 nitrogen and oxygen atoms in total. The van der Waals surface area contributed by atoms with E-state index in [2.05, 4.69) is 14.5 Å². The average molecular weight is 236 g/mol. The predicted octanol–water partition coefficient (Wildman–Crippen LogP) is 1.35. The Kier molecular flexibility index (Phi) is 3.21. The van der Waals surface area contributed by atoms with E-state index in [1.54, 1.807) is 0 Å². The van der Waals surface area contributed by atoms with Gasteiger partial charge in [0.25, 0.3) is 0 Å². The fourth-order valence-electron chi connectivity index (χ4n) is 0.929. The zero-order chi connectivity index (χ0) is 12.3. The molecule has 2 N–H and O–H groups in total. The van der Waals surface area contributed by atoms with Crippen LogP contribution in [0.2, 0.25) is 0 Å². The standard InChI is InChI=1S/C8H7F3N2O3/c1-15-7(14)6-5(12)4(2-3-13-6)16-8(9,10)11/h2-3H,12H2,1H3. The van der Waals surface area contributed by atoms with E-state index in [0.29, 0.717) is 0 Å². The molecule has 0 aliphatic heterocycles. The van der Waals surface area contributed by atoms with Gasteiger partial charge in [0.05, 0.1) is 7.11 Å². The Morgan fingerprint density at radius 2 is 2.12 bits per heavy atom. The van der Waals surface area contributed by atoms with Crippen LogP contribution in [-0.2, 0) is 4.74 Å². The Bertz CT molecular complexity index is 406. The number of nitrogens with two attached hydrogens (primary N) is 1. The molecule has 1 aromatic rings. The molecule has 16 heavy (non-hydrogen) atoms. The summed E-state index contributed by atoms with van der Waals surface area (Å²) in [5.74, 6) is -1.63. The molecule has 0 aromatic carbocycles. The van der Waals surface area contributed by atoms with E-state index in [0.717, 1.165) is 19.4 Å². The molecule has 1 aromatic heterocycles. The zero-order valence-electron chi connectivity index (χ0n) is 8.04. The third-order valence-corrected chi connectivity index (χ3v) is 1.55. The van der Waals surface area contributed by atoms with Gasteiger partial charge in [0.1, 0.15) is 5.69 Å². The van der Waals surface area contributed by atoms with Crippen molar-refractivity contribution in [2.45, 2.75) is 6.36 Å². The average Bonchev–Trinajstić information content (AvgIpc) is 2.18. The van der Waals surface area contributed by atoms with Gasteiger partial charge in [-0.25, -0.2) is 9.78 Å². The van der Waals surface area contributed by atoms with Crippen molar-refractivity contribution in [3.63, 3.8) is 0 Å². The predicted molar refractivity (Wildman–Crippen MR) is 46.7 cm³/mol. The van der Waals surface area contributed by atoms with Crippen molar-refractivity contribution in [1.29, 1.82) is 0 Å². The molecule has 0 atom stereocenters. The van der Waals surface area contributed by atoms with Crippen LogP contribution in [0, 0.1) is 0 Å². The molecule has 1 rings (SSSR count). The van der Waals surface area contributed by atoms with Crippen molar-refractivity contribution in [3.05, 3.63) is 18.0 Å². The number of esters is 1. The maximum absolute atomic E-state index is 11.9. The van der Waals surface area contributed by atoms with Gasteiger partial charge in [0, 0.05) is 12.3 Å². The Balaban J connectivity index is 3.09. The molecule has 8 heteroatoms. The summed E-state index contributed by atoms with van der Waals surface area (Å²) in [6.07, 6.45) is -3.92. The van der Waals surface area contributed by atoms with Crippen LogP contribution >= 0.6 is 0 Å². The topological polar surface area (TPSA) is 74.4 Å². The smallest absolute Gasteiger partial charge is 0.464 e. The van der Waals surface area contributed by atoms with Crippen LogP contribution in [0.5, 0.6) is 5.75 Å². The van der Waals surface area contributed by atoms with Gasteiger partial charge in [-0.1, -0.05) is 0 Å². The number of pyridine rings is 1. The Morgan fingerprint density at radius 1 is 1.50 bits per heavy atom. The summed E-state index contributed by atoms with van der Waals surface area (Å²) in [4.78, 5) is 14.5. The van der Waals surface area contributed by atoms with Crippen LogP contribution in [0.1, 0.15) is 10.5 Å². The van der Waals surface area contributed by atoms with Gasteiger partial charge < -0.3 is 15.2 Å². The fraction of sp³-hybridized carbons (Fsp3) is 0.250. The first kappa shape index (κ1) is 12.1. The Labute approximate surface area is 88.0 Å². The van der Waals surface area contributed by atoms with Gasteiger partial charge in [-0.05, 0) is 0 Å². The molecule has 0 amide bonds. The normalized spacial score (nSPS) is 11.0. The van der Waals surface area contributed by atoms with E-state index >= 15 is 0 Å². The lowest BCUT2D eigenvalue weighted by atomic mass is 10.3. The van der Waals surface area contributed by atoms with Crippen molar-refractivity contribution < 1.29 is 27.4 Å². The first-order valence-corrected chi connectivity index (χ1v) is 3.93.